The molecule has 0 aliphatic rings. The topological polar surface area (TPSA) is 26.0 Å². The first-order chi connectivity index (χ1) is 7.12. The molecule has 1 heteroatoms. The van der Waals surface area contributed by atoms with E-state index in [1.165, 1.54) is 5.57 Å². The van der Waals surface area contributed by atoms with E-state index in [4.69, 9.17) is 5.73 Å². The molecule has 0 spiro atoms. The summed E-state index contributed by atoms with van der Waals surface area (Å²) < 4.78 is 0. The molecule has 0 aromatic heterocycles. The summed E-state index contributed by atoms with van der Waals surface area (Å²) in [7, 11) is 0. The molecule has 0 atom stereocenters. The molecule has 92 valence electrons. The number of rotatable bonds is 2. The molecule has 0 saturated heterocycles. The number of hydrogen-bond donors (Lipinski definition) is 1. The van der Waals surface area contributed by atoms with Crippen LogP contribution in [0.1, 0.15) is 48.5 Å². The van der Waals surface area contributed by atoms with E-state index in [9.17, 15) is 0 Å². The van der Waals surface area contributed by atoms with Gasteiger partial charge in [-0.15, -0.1) is 0 Å². The van der Waals surface area contributed by atoms with Crippen LogP contribution in [0.15, 0.2) is 35.6 Å². The lowest BCUT2D eigenvalue weighted by atomic mass is 9.83. The SMILES string of the molecule is C\C=C(/C=C\C(=C/N)C(C)(C)C)C(C)(C)C. The smallest absolute Gasteiger partial charge is 0.00243 e. The van der Waals surface area contributed by atoms with Crippen molar-refractivity contribution in [1.29, 1.82) is 0 Å². The summed E-state index contributed by atoms with van der Waals surface area (Å²) in [5.41, 5.74) is 8.44. The summed E-state index contributed by atoms with van der Waals surface area (Å²) in [6.45, 7) is 15.2. The Balaban J connectivity index is 4.99. The Kier molecular flexibility index (Phi) is 5.05. The molecule has 0 unspecified atom stereocenters. The lowest BCUT2D eigenvalue weighted by molar-refractivity contribution is 0.508. The van der Waals surface area contributed by atoms with Crippen molar-refractivity contribution >= 4 is 0 Å². The van der Waals surface area contributed by atoms with E-state index in [2.05, 4.69) is 66.7 Å². The lowest BCUT2D eigenvalue weighted by Gasteiger charge is -2.22. The van der Waals surface area contributed by atoms with Gasteiger partial charge in [0.15, 0.2) is 0 Å². The summed E-state index contributed by atoms with van der Waals surface area (Å²) in [4.78, 5) is 0. The standard InChI is InChI=1S/C15H27N/c1-8-12(14(2,3)4)9-10-13(11-16)15(5,6)7/h8-11H,16H2,1-7H3/b10-9-,12-8+,13-11+. The molecule has 0 aromatic carbocycles. The van der Waals surface area contributed by atoms with Gasteiger partial charge in [-0.3, -0.25) is 0 Å². The molecule has 0 aliphatic carbocycles. The Morgan fingerprint density at radius 2 is 1.19 bits per heavy atom. The first kappa shape index (κ1) is 15.0. The highest BCUT2D eigenvalue weighted by atomic mass is 14.5. The van der Waals surface area contributed by atoms with E-state index in [1.54, 1.807) is 6.20 Å². The van der Waals surface area contributed by atoms with Crippen LogP contribution in [0.25, 0.3) is 0 Å². The maximum atomic E-state index is 5.66. The van der Waals surface area contributed by atoms with Crippen molar-refractivity contribution in [2.24, 2.45) is 16.6 Å². The monoisotopic (exact) mass is 221 g/mol. The van der Waals surface area contributed by atoms with Gasteiger partial charge in [-0.25, -0.2) is 0 Å². The van der Waals surface area contributed by atoms with Crippen molar-refractivity contribution in [1.82, 2.24) is 0 Å². The Morgan fingerprint density at radius 3 is 1.44 bits per heavy atom. The van der Waals surface area contributed by atoms with Crippen molar-refractivity contribution in [2.45, 2.75) is 48.5 Å². The van der Waals surface area contributed by atoms with Gasteiger partial charge >= 0.3 is 0 Å². The van der Waals surface area contributed by atoms with Gasteiger partial charge < -0.3 is 5.73 Å². The highest BCUT2D eigenvalue weighted by Crippen LogP contribution is 2.29. The zero-order valence-corrected chi connectivity index (χ0v) is 11.9. The number of hydrogen-bond acceptors (Lipinski definition) is 1. The molecule has 0 fully saturated rings. The van der Waals surface area contributed by atoms with E-state index < -0.39 is 0 Å². The molecule has 0 heterocycles. The second kappa shape index (κ2) is 5.38. The van der Waals surface area contributed by atoms with Crippen molar-refractivity contribution < 1.29 is 0 Å². The van der Waals surface area contributed by atoms with Gasteiger partial charge in [0.2, 0.25) is 0 Å². The second-order valence-electron chi connectivity index (χ2n) is 6.20. The van der Waals surface area contributed by atoms with Gasteiger partial charge in [-0.2, -0.15) is 0 Å². The largest absolute Gasteiger partial charge is 0.404 e. The summed E-state index contributed by atoms with van der Waals surface area (Å²) in [6, 6.07) is 0. The predicted octanol–water partition coefficient (Wildman–Crippen LogP) is 4.42. The molecule has 16 heavy (non-hydrogen) atoms. The van der Waals surface area contributed by atoms with Gasteiger partial charge in [0, 0.05) is 0 Å². The van der Waals surface area contributed by atoms with E-state index in [-0.39, 0.29) is 10.8 Å². The van der Waals surface area contributed by atoms with Gasteiger partial charge in [-0.1, -0.05) is 59.8 Å². The van der Waals surface area contributed by atoms with E-state index in [1.807, 2.05) is 0 Å². The van der Waals surface area contributed by atoms with Crippen LogP contribution in [-0.4, -0.2) is 0 Å². The third-order valence-electron chi connectivity index (χ3n) is 2.67. The molecule has 0 bridgehead atoms. The fourth-order valence-corrected chi connectivity index (χ4v) is 1.51. The van der Waals surface area contributed by atoms with Crippen molar-refractivity contribution in [3.63, 3.8) is 0 Å². The van der Waals surface area contributed by atoms with Crippen molar-refractivity contribution in [2.75, 3.05) is 0 Å². The van der Waals surface area contributed by atoms with Gasteiger partial charge in [0.1, 0.15) is 0 Å². The minimum Gasteiger partial charge on any atom is -0.404 e. The Bertz CT molecular complexity index is 271. The maximum Gasteiger partial charge on any atom is -0.00243 e. The average molecular weight is 221 g/mol. The Morgan fingerprint density at radius 1 is 0.812 bits per heavy atom. The first-order valence-electron chi connectivity index (χ1n) is 5.90. The Hall–Kier alpha value is -0.980. The maximum absolute atomic E-state index is 5.66. The zero-order chi connectivity index (χ0) is 13.0. The molecule has 0 aromatic rings. The third-order valence-corrected chi connectivity index (χ3v) is 2.67. The van der Waals surface area contributed by atoms with Gasteiger partial charge in [0.05, 0.1) is 0 Å². The van der Waals surface area contributed by atoms with Crippen molar-refractivity contribution in [3.05, 3.63) is 35.6 Å². The van der Waals surface area contributed by atoms with Crippen LogP contribution in [0, 0.1) is 10.8 Å². The van der Waals surface area contributed by atoms with E-state index in [0.29, 0.717) is 0 Å². The van der Waals surface area contributed by atoms with Crippen LogP contribution < -0.4 is 5.73 Å². The quantitative estimate of drug-likeness (QED) is 0.686. The van der Waals surface area contributed by atoms with Gasteiger partial charge in [0.25, 0.3) is 0 Å². The normalized spacial score (nSPS) is 15.9. The van der Waals surface area contributed by atoms with E-state index in [0.717, 1.165) is 5.57 Å². The fraction of sp³-hybridized carbons (Fsp3) is 0.600. The van der Waals surface area contributed by atoms with E-state index >= 15 is 0 Å². The second-order valence-corrected chi connectivity index (χ2v) is 6.20. The van der Waals surface area contributed by atoms with Crippen LogP contribution in [-0.2, 0) is 0 Å². The van der Waals surface area contributed by atoms with Crippen LogP contribution >= 0.6 is 0 Å². The number of nitrogens with two attached hydrogens (primary N) is 1. The molecule has 0 rings (SSSR count). The number of allylic oxidation sites excluding steroid dienone is 5. The molecule has 0 saturated carbocycles. The predicted molar refractivity (Wildman–Crippen MR) is 74.1 cm³/mol. The molecule has 1 nitrogen and oxygen atoms in total. The molecule has 0 amide bonds. The minimum atomic E-state index is 0.0992. The summed E-state index contributed by atoms with van der Waals surface area (Å²) in [5, 5.41) is 0. The highest BCUT2D eigenvalue weighted by Gasteiger charge is 2.16. The van der Waals surface area contributed by atoms with Crippen molar-refractivity contribution in [3.8, 4) is 0 Å². The molecular weight excluding hydrogens is 194 g/mol. The third kappa shape index (κ3) is 4.69. The van der Waals surface area contributed by atoms with Crippen LogP contribution in [0.2, 0.25) is 0 Å². The van der Waals surface area contributed by atoms with Gasteiger partial charge in [-0.05, 0) is 35.1 Å². The molecular formula is C15H27N. The average Bonchev–Trinajstić information content (AvgIpc) is 2.08. The molecule has 2 N–H and O–H groups in total. The zero-order valence-electron chi connectivity index (χ0n) is 11.9. The van der Waals surface area contributed by atoms with Crippen LogP contribution in [0.4, 0.5) is 0 Å². The van der Waals surface area contributed by atoms with Crippen LogP contribution in [0.3, 0.4) is 0 Å². The summed E-state index contributed by atoms with van der Waals surface area (Å²) >= 11 is 0. The Labute approximate surface area is 101 Å². The summed E-state index contributed by atoms with van der Waals surface area (Å²) in [5.74, 6) is 0. The lowest BCUT2D eigenvalue weighted by Crippen LogP contribution is -2.11. The fourth-order valence-electron chi connectivity index (χ4n) is 1.51. The molecule has 0 aliphatic heterocycles. The minimum absolute atomic E-state index is 0.0992. The highest BCUT2D eigenvalue weighted by molar-refractivity contribution is 5.32. The summed E-state index contributed by atoms with van der Waals surface area (Å²) in [6.07, 6.45) is 8.16. The molecule has 0 radical (unpaired) electrons. The first-order valence-corrected chi connectivity index (χ1v) is 5.90. The van der Waals surface area contributed by atoms with Crippen LogP contribution in [0.5, 0.6) is 0 Å².